The standard InChI is InChI=1S/C18H15ClFN3O2S/c1-12-10-14(7-8-16(12)20)26(24,25)23-13-6-9-18(21-11-13)22-17-5-3-2-4-15(17)19/h2-11,23H,1H3,(H,21,22). The molecule has 26 heavy (non-hydrogen) atoms. The number of hydrogen-bond donors (Lipinski definition) is 2. The summed E-state index contributed by atoms with van der Waals surface area (Å²) in [6.45, 7) is 1.51. The lowest BCUT2D eigenvalue weighted by molar-refractivity contribution is 0.598. The first-order valence-electron chi connectivity index (χ1n) is 7.62. The highest BCUT2D eigenvalue weighted by atomic mass is 35.5. The quantitative estimate of drug-likeness (QED) is 0.659. The molecule has 0 aliphatic carbocycles. The van der Waals surface area contributed by atoms with E-state index in [1.807, 2.05) is 12.1 Å². The predicted octanol–water partition coefficient (Wildman–Crippen LogP) is 4.73. The van der Waals surface area contributed by atoms with Crippen LogP contribution in [0.15, 0.2) is 65.7 Å². The number of para-hydroxylation sites is 1. The van der Waals surface area contributed by atoms with Crippen LogP contribution in [0.25, 0.3) is 0 Å². The monoisotopic (exact) mass is 391 g/mol. The Labute approximate surface area is 155 Å². The summed E-state index contributed by atoms with van der Waals surface area (Å²) in [5.41, 5.74) is 1.23. The van der Waals surface area contributed by atoms with Crippen molar-refractivity contribution in [1.82, 2.24) is 4.98 Å². The highest BCUT2D eigenvalue weighted by Crippen LogP contribution is 2.25. The Morgan fingerprint density at radius 1 is 1.08 bits per heavy atom. The van der Waals surface area contributed by atoms with Gasteiger partial charge in [0.2, 0.25) is 0 Å². The molecule has 0 saturated heterocycles. The molecule has 2 aromatic carbocycles. The largest absolute Gasteiger partial charge is 0.339 e. The van der Waals surface area contributed by atoms with Crippen molar-refractivity contribution in [2.24, 2.45) is 0 Å². The number of anilines is 3. The predicted molar refractivity (Wildman–Crippen MR) is 101 cm³/mol. The van der Waals surface area contributed by atoms with Crippen LogP contribution in [-0.2, 0) is 10.0 Å². The molecule has 0 unspecified atom stereocenters. The van der Waals surface area contributed by atoms with Gasteiger partial charge < -0.3 is 5.32 Å². The summed E-state index contributed by atoms with van der Waals surface area (Å²) < 4.78 is 40.5. The van der Waals surface area contributed by atoms with E-state index in [1.54, 1.807) is 24.3 Å². The number of nitrogens with one attached hydrogen (secondary N) is 2. The Balaban J connectivity index is 1.76. The van der Waals surface area contributed by atoms with Crippen molar-refractivity contribution < 1.29 is 12.8 Å². The fourth-order valence-electron chi connectivity index (χ4n) is 2.23. The molecule has 0 atom stereocenters. The number of benzene rings is 2. The molecular formula is C18H15ClFN3O2S. The van der Waals surface area contributed by atoms with Crippen LogP contribution in [0.3, 0.4) is 0 Å². The van der Waals surface area contributed by atoms with Crippen molar-refractivity contribution in [1.29, 1.82) is 0 Å². The van der Waals surface area contributed by atoms with Crippen molar-refractivity contribution in [3.05, 3.63) is 77.2 Å². The first-order valence-corrected chi connectivity index (χ1v) is 9.48. The van der Waals surface area contributed by atoms with E-state index in [9.17, 15) is 12.8 Å². The maximum atomic E-state index is 13.3. The van der Waals surface area contributed by atoms with E-state index in [4.69, 9.17) is 11.6 Å². The van der Waals surface area contributed by atoms with Crippen molar-refractivity contribution in [3.8, 4) is 0 Å². The number of rotatable bonds is 5. The maximum absolute atomic E-state index is 13.3. The SMILES string of the molecule is Cc1cc(S(=O)(=O)Nc2ccc(Nc3ccccc3Cl)nc2)ccc1F. The Bertz CT molecular complexity index is 1040. The summed E-state index contributed by atoms with van der Waals surface area (Å²) in [4.78, 5) is 4.15. The van der Waals surface area contributed by atoms with Gasteiger partial charge in [-0.2, -0.15) is 0 Å². The fraction of sp³-hybridized carbons (Fsp3) is 0.0556. The third-order valence-corrected chi connectivity index (χ3v) is 5.30. The maximum Gasteiger partial charge on any atom is 0.261 e. The lowest BCUT2D eigenvalue weighted by Crippen LogP contribution is -2.13. The number of aromatic nitrogens is 1. The van der Waals surface area contributed by atoms with Crippen molar-refractivity contribution in [3.63, 3.8) is 0 Å². The minimum absolute atomic E-state index is 0.0188. The van der Waals surface area contributed by atoms with Crippen LogP contribution in [0.4, 0.5) is 21.6 Å². The van der Waals surface area contributed by atoms with E-state index >= 15 is 0 Å². The Kier molecular flexibility index (Phi) is 5.11. The van der Waals surface area contributed by atoms with Crippen molar-refractivity contribution in [2.75, 3.05) is 10.0 Å². The minimum atomic E-state index is -3.83. The molecule has 3 rings (SSSR count). The molecule has 0 amide bonds. The summed E-state index contributed by atoms with van der Waals surface area (Å²) in [6.07, 6.45) is 1.38. The summed E-state index contributed by atoms with van der Waals surface area (Å²) in [5.74, 6) is 0.0549. The molecule has 0 saturated carbocycles. The van der Waals surface area contributed by atoms with Gasteiger partial charge >= 0.3 is 0 Å². The second-order valence-electron chi connectivity index (χ2n) is 5.55. The van der Waals surface area contributed by atoms with Gasteiger partial charge in [0.1, 0.15) is 11.6 Å². The Hall–Kier alpha value is -2.64. The van der Waals surface area contributed by atoms with Gasteiger partial charge in [-0.15, -0.1) is 0 Å². The van der Waals surface area contributed by atoms with Gasteiger partial charge in [-0.05, 0) is 55.0 Å². The van der Waals surface area contributed by atoms with Gasteiger partial charge in [0.25, 0.3) is 10.0 Å². The Morgan fingerprint density at radius 2 is 1.85 bits per heavy atom. The number of halogens is 2. The third-order valence-electron chi connectivity index (χ3n) is 3.59. The zero-order valence-corrected chi connectivity index (χ0v) is 15.3. The summed E-state index contributed by atoms with van der Waals surface area (Å²) in [7, 11) is -3.83. The van der Waals surface area contributed by atoms with Crippen LogP contribution in [-0.4, -0.2) is 13.4 Å². The molecule has 0 spiro atoms. The summed E-state index contributed by atoms with van der Waals surface area (Å²) >= 11 is 6.08. The molecule has 1 aromatic heterocycles. The molecule has 0 aliphatic rings. The number of aryl methyl sites for hydroxylation is 1. The van der Waals surface area contributed by atoms with Gasteiger partial charge in [-0.25, -0.2) is 17.8 Å². The molecule has 0 radical (unpaired) electrons. The Morgan fingerprint density at radius 3 is 2.50 bits per heavy atom. The molecule has 1 heterocycles. The van der Waals surface area contributed by atoms with Gasteiger partial charge in [-0.1, -0.05) is 23.7 Å². The number of nitrogens with zero attached hydrogens (tertiary/aromatic N) is 1. The number of pyridine rings is 1. The molecule has 3 aromatic rings. The zero-order valence-electron chi connectivity index (χ0n) is 13.7. The van der Waals surface area contributed by atoms with E-state index in [0.717, 1.165) is 6.07 Å². The minimum Gasteiger partial charge on any atom is -0.339 e. The fourth-order valence-corrected chi connectivity index (χ4v) is 3.54. The van der Waals surface area contributed by atoms with Gasteiger partial charge in [-0.3, -0.25) is 4.72 Å². The van der Waals surface area contributed by atoms with Crippen molar-refractivity contribution in [2.45, 2.75) is 11.8 Å². The van der Waals surface area contributed by atoms with E-state index in [2.05, 4.69) is 15.0 Å². The molecule has 2 N–H and O–H groups in total. The van der Waals surface area contributed by atoms with E-state index < -0.39 is 15.8 Å². The van der Waals surface area contributed by atoms with Crippen molar-refractivity contribution >= 4 is 38.8 Å². The molecule has 0 aliphatic heterocycles. The smallest absolute Gasteiger partial charge is 0.261 e. The lowest BCUT2D eigenvalue weighted by atomic mass is 10.2. The number of sulfonamides is 1. The molecule has 0 fully saturated rings. The lowest BCUT2D eigenvalue weighted by Gasteiger charge is -2.10. The average molecular weight is 392 g/mol. The molecule has 5 nitrogen and oxygen atoms in total. The topological polar surface area (TPSA) is 71.1 Å². The first kappa shape index (κ1) is 18.2. The average Bonchev–Trinajstić information content (AvgIpc) is 2.60. The zero-order chi connectivity index (χ0) is 18.7. The van der Waals surface area contributed by atoms with Crippen LogP contribution < -0.4 is 10.0 Å². The van der Waals surface area contributed by atoms with Gasteiger partial charge in [0.05, 0.1) is 27.5 Å². The van der Waals surface area contributed by atoms with Gasteiger partial charge in [0.15, 0.2) is 0 Å². The van der Waals surface area contributed by atoms with Crippen LogP contribution in [0, 0.1) is 12.7 Å². The number of hydrogen-bond acceptors (Lipinski definition) is 4. The van der Waals surface area contributed by atoms with E-state index in [1.165, 1.54) is 25.3 Å². The summed E-state index contributed by atoms with van der Waals surface area (Å²) in [6, 6.07) is 14.0. The van der Waals surface area contributed by atoms with E-state index in [-0.39, 0.29) is 16.1 Å². The highest BCUT2D eigenvalue weighted by Gasteiger charge is 2.15. The summed E-state index contributed by atoms with van der Waals surface area (Å²) in [5, 5.41) is 3.59. The molecule has 0 bridgehead atoms. The van der Waals surface area contributed by atoms with Crippen LogP contribution >= 0.6 is 11.6 Å². The van der Waals surface area contributed by atoms with Crippen LogP contribution in [0.5, 0.6) is 0 Å². The third kappa shape index (κ3) is 4.12. The highest BCUT2D eigenvalue weighted by molar-refractivity contribution is 7.92. The molecule has 8 heteroatoms. The first-order chi connectivity index (χ1) is 12.3. The van der Waals surface area contributed by atoms with Crippen LogP contribution in [0.1, 0.15) is 5.56 Å². The normalized spacial score (nSPS) is 11.2. The van der Waals surface area contributed by atoms with E-state index in [0.29, 0.717) is 16.5 Å². The second-order valence-corrected chi connectivity index (χ2v) is 7.64. The molecular weight excluding hydrogens is 377 g/mol. The second kappa shape index (κ2) is 7.31. The van der Waals surface area contributed by atoms with Gasteiger partial charge in [0, 0.05) is 0 Å². The molecule has 134 valence electrons. The van der Waals surface area contributed by atoms with Crippen LogP contribution in [0.2, 0.25) is 5.02 Å².